The van der Waals surface area contributed by atoms with Gasteiger partial charge in [0, 0.05) is 15.7 Å². The summed E-state index contributed by atoms with van der Waals surface area (Å²) in [6, 6.07) is 1.18. The van der Waals surface area contributed by atoms with E-state index in [2.05, 4.69) is 15.9 Å². The molecule has 0 aromatic heterocycles. The summed E-state index contributed by atoms with van der Waals surface area (Å²) in [5.74, 6) is 0. The average molecular weight is 290 g/mol. The van der Waals surface area contributed by atoms with E-state index < -0.39 is 23.7 Å². The number of nitrogen functional groups attached to an aromatic ring is 1. The van der Waals surface area contributed by atoms with Gasteiger partial charge in [0.2, 0.25) is 0 Å². The van der Waals surface area contributed by atoms with Crippen LogP contribution in [0.5, 0.6) is 0 Å². The minimum Gasteiger partial charge on any atom is -0.398 e. The fraction of sp³-hybridized carbons (Fsp3) is 0.250. The third-order valence-corrected chi connectivity index (χ3v) is 2.40. The molecule has 0 saturated heterocycles. The predicted molar refractivity (Wildman–Crippen MR) is 48.5 cm³/mol. The number of benzene rings is 1. The second kappa shape index (κ2) is 3.96. The lowest BCUT2D eigenvalue weighted by Gasteiger charge is -2.13. The van der Waals surface area contributed by atoms with Crippen LogP contribution in [0.2, 0.25) is 0 Å². The maximum atomic E-state index is 12.3. The van der Waals surface area contributed by atoms with E-state index in [-0.39, 0.29) is 10.2 Å². The summed E-state index contributed by atoms with van der Waals surface area (Å²) in [5, 5.41) is 0. The monoisotopic (exact) mass is 289 g/mol. The van der Waals surface area contributed by atoms with Crippen LogP contribution in [0.1, 0.15) is 17.6 Å². The molecule has 0 heterocycles. The van der Waals surface area contributed by atoms with Crippen LogP contribution < -0.4 is 5.73 Å². The second-order valence-corrected chi connectivity index (χ2v) is 3.61. The Morgan fingerprint density at radius 2 is 1.73 bits per heavy atom. The molecule has 7 heteroatoms. The van der Waals surface area contributed by atoms with Crippen molar-refractivity contribution in [2.75, 3.05) is 5.73 Å². The Hall–Kier alpha value is -0.850. The molecule has 1 rings (SSSR count). The Kier molecular flexibility index (Phi) is 3.22. The largest absolute Gasteiger partial charge is 0.416 e. The molecule has 0 aliphatic rings. The Balaban J connectivity index is 3.42. The van der Waals surface area contributed by atoms with Gasteiger partial charge in [-0.2, -0.15) is 13.2 Å². The zero-order valence-corrected chi connectivity index (χ0v) is 8.66. The van der Waals surface area contributed by atoms with E-state index in [4.69, 9.17) is 5.73 Å². The van der Waals surface area contributed by atoms with Crippen molar-refractivity contribution in [3.05, 3.63) is 27.7 Å². The second-order valence-electron chi connectivity index (χ2n) is 2.76. The lowest BCUT2D eigenvalue weighted by molar-refractivity contribution is -0.139. The van der Waals surface area contributed by atoms with Gasteiger partial charge in [0.25, 0.3) is 6.43 Å². The summed E-state index contributed by atoms with van der Waals surface area (Å²) in [4.78, 5) is 0. The minimum atomic E-state index is -4.83. The summed E-state index contributed by atoms with van der Waals surface area (Å²) < 4.78 is 61.6. The zero-order chi connectivity index (χ0) is 11.8. The third-order valence-electron chi connectivity index (χ3n) is 1.71. The average Bonchev–Trinajstić information content (AvgIpc) is 2.06. The molecule has 0 unspecified atom stereocenters. The van der Waals surface area contributed by atoms with E-state index in [0.29, 0.717) is 12.1 Å². The smallest absolute Gasteiger partial charge is 0.398 e. The molecule has 0 aliphatic carbocycles. The van der Waals surface area contributed by atoms with E-state index >= 15 is 0 Å². The van der Waals surface area contributed by atoms with Gasteiger partial charge in [-0.3, -0.25) is 0 Å². The van der Waals surface area contributed by atoms with Crippen molar-refractivity contribution in [2.45, 2.75) is 12.6 Å². The number of rotatable bonds is 1. The van der Waals surface area contributed by atoms with Gasteiger partial charge in [-0.1, -0.05) is 0 Å². The van der Waals surface area contributed by atoms with Crippen LogP contribution in [0.15, 0.2) is 16.6 Å². The van der Waals surface area contributed by atoms with Crippen molar-refractivity contribution in [1.29, 1.82) is 0 Å². The number of hydrogen-bond donors (Lipinski definition) is 1. The quantitative estimate of drug-likeness (QED) is 0.614. The van der Waals surface area contributed by atoms with E-state index in [1.165, 1.54) is 0 Å². The van der Waals surface area contributed by atoms with Crippen molar-refractivity contribution < 1.29 is 22.0 Å². The number of hydrogen-bond acceptors (Lipinski definition) is 1. The first-order chi connectivity index (χ1) is 6.73. The molecule has 0 radical (unpaired) electrons. The van der Waals surface area contributed by atoms with E-state index in [1.54, 1.807) is 0 Å². The minimum absolute atomic E-state index is 0.0193. The molecule has 0 spiro atoms. The molecule has 0 atom stereocenters. The van der Waals surface area contributed by atoms with Crippen LogP contribution in [-0.2, 0) is 6.18 Å². The highest BCUT2D eigenvalue weighted by Crippen LogP contribution is 2.39. The van der Waals surface area contributed by atoms with Gasteiger partial charge in [-0.15, -0.1) is 0 Å². The van der Waals surface area contributed by atoms with Gasteiger partial charge in [-0.05, 0) is 28.1 Å². The van der Waals surface area contributed by atoms with Gasteiger partial charge in [0.05, 0.1) is 5.56 Å². The fourth-order valence-electron chi connectivity index (χ4n) is 1.03. The molecule has 0 amide bonds. The van der Waals surface area contributed by atoms with Crippen molar-refractivity contribution in [1.82, 2.24) is 0 Å². The molecular formula is C8H5BrF5N. The molecule has 1 nitrogen and oxygen atoms in total. The molecule has 1 aromatic carbocycles. The molecule has 84 valence electrons. The highest BCUT2D eigenvalue weighted by atomic mass is 79.9. The number of nitrogens with two attached hydrogens (primary N) is 1. The Bertz CT molecular complexity index is 374. The number of alkyl halides is 5. The van der Waals surface area contributed by atoms with Crippen LogP contribution in [0.4, 0.5) is 27.6 Å². The summed E-state index contributed by atoms with van der Waals surface area (Å²) in [6.45, 7) is 0. The van der Waals surface area contributed by atoms with Crippen molar-refractivity contribution >= 4 is 21.6 Å². The van der Waals surface area contributed by atoms with Gasteiger partial charge in [0.15, 0.2) is 0 Å². The fourth-order valence-corrected chi connectivity index (χ4v) is 1.39. The standard InChI is InChI=1S/C8H5BrF5N/c9-5-1-3(7(10)11)4(2-6(5)15)8(12,13)14/h1-2,7H,15H2. The van der Waals surface area contributed by atoms with Crippen LogP contribution >= 0.6 is 15.9 Å². The number of halogens is 6. The lowest BCUT2D eigenvalue weighted by atomic mass is 10.1. The molecule has 1 aromatic rings. The highest BCUT2D eigenvalue weighted by molar-refractivity contribution is 9.10. The first-order valence-electron chi connectivity index (χ1n) is 3.67. The highest BCUT2D eigenvalue weighted by Gasteiger charge is 2.36. The van der Waals surface area contributed by atoms with E-state index in [1.807, 2.05) is 0 Å². The first-order valence-corrected chi connectivity index (χ1v) is 4.47. The lowest BCUT2D eigenvalue weighted by Crippen LogP contribution is -2.10. The summed E-state index contributed by atoms with van der Waals surface area (Å²) in [6.07, 6.45) is -8.03. The van der Waals surface area contributed by atoms with Crippen molar-refractivity contribution in [2.24, 2.45) is 0 Å². The van der Waals surface area contributed by atoms with Crippen LogP contribution in [0.25, 0.3) is 0 Å². The first kappa shape index (κ1) is 12.2. The van der Waals surface area contributed by atoms with Gasteiger partial charge in [0.1, 0.15) is 0 Å². The molecule has 0 aliphatic heterocycles. The van der Waals surface area contributed by atoms with Gasteiger partial charge in [-0.25, -0.2) is 8.78 Å². The normalized spacial score (nSPS) is 12.2. The Morgan fingerprint density at radius 1 is 1.20 bits per heavy atom. The summed E-state index contributed by atoms with van der Waals surface area (Å²) >= 11 is 2.79. The van der Waals surface area contributed by atoms with Crippen molar-refractivity contribution in [3.8, 4) is 0 Å². The van der Waals surface area contributed by atoms with Crippen LogP contribution in [0.3, 0.4) is 0 Å². The molecular weight excluding hydrogens is 285 g/mol. The third kappa shape index (κ3) is 2.58. The molecule has 0 fully saturated rings. The maximum absolute atomic E-state index is 12.3. The summed E-state index contributed by atoms with van der Waals surface area (Å²) in [7, 11) is 0. The van der Waals surface area contributed by atoms with Crippen LogP contribution in [0, 0.1) is 0 Å². The molecule has 2 N–H and O–H groups in total. The van der Waals surface area contributed by atoms with Crippen molar-refractivity contribution in [3.63, 3.8) is 0 Å². The Morgan fingerprint density at radius 3 is 2.13 bits per heavy atom. The molecule has 15 heavy (non-hydrogen) atoms. The predicted octanol–water partition coefficient (Wildman–Crippen LogP) is 3.99. The topological polar surface area (TPSA) is 26.0 Å². The summed E-state index contributed by atoms with van der Waals surface area (Å²) in [5.41, 5.74) is 2.48. The van der Waals surface area contributed by atoms with E-state index in [9.17, 15) is 22.0 Å². The molecule has 0 bridgehead atoms. The van der Waals surface area contributed by atoms with Gasteiger partial charge < -0.3 is 5.73 Å². The SMILES string of the molecule is Nc1cc(C(F)(F)F)c(C(F)F)cc1Br. The van der Waals surface area contributed by atoms with Gasteiger partial charge >= 0.3 is 6.18 Å². The Labute approximate surface area is 90.2 Å². The van der Waals surface area contributed by atoms with E-state index in [0.717, 1.165) is 0 Å². The number of anilines is 1. The molecule has 0 saturated carbocycles. The zero-order valence-electron chi connectivity index (χ0n) is 7.08. The maximum Gasteiger partial charge on any atom is 0.416 e. The van der Waals surface area contributed by atoms with Crippen LogP contribution in [-0.4, -0.2) is 0 Å².